The minimum Gasteiger partial charge on any atom is -0.334 e. The Labute approximate surface area is 108 Å². The summed E-state index contributed by atoms with van der Waals surface area (Å²) in [6.45, 7) is 1.55. The van der Waals surface area contributed by atoms with Gasteiger partial charge in [0.25, 0.3) is 5.91 Å². The van der Waals surface area contributed by atoms with Crippen LogP contribution >= 0.6 is 0 Å². The molecule has 1 aliphatic rings. The highest BCUT2D eigenvalue weighted by atomic mass is 19.2. The number of rotatable bonds is 3. The van der Waals surface area contributed by atoms with Crippen molar-refractivity contribution in [2.75, 3.05) is 0 Å². The number of nitrogens with zero attached hydrogens (tertiary/aromatic N) is 1. The molecule has 2 rings (SSSR count). The number of nitriles is 1. The highest BCUT2D eigenvalue weighted by Gasteiger charge is 2.43. The number of carbonyl (C=O) groups excluding carboxylic acids is 1. The molecule has 0 bridgehead atoms. The van der Waals surface area contributed by atoms with Crippen LogP contribution in [0.15, 0.2) is 12.1 Å². The Morgan fingerprint density at radius 2 is 1.89 bits per heavy atom. The predicted molar refractivity (Wildman–Crippen MR) is 60.5 cm³/mol. The van der Waals surface area contributed by atoms with E-state index in [1.807, 2.05) is 6.07 Å². The van der Waals surface area contributed by atoms with E-state index in [1.165, 1.54) is 0 Å². The smallest absolute Gasteiger partial charge is 0.252 e. The molecule has 0 aromatic heterocycles. The summed E-state index contributed by atoms with van der Waals surface area (Å²) in [6.07, 6.45) is 1.63. The summed E-state index contributed by atoms with van der Waals surface area (Å²) in [5.74, 6) is -5.25. The van der Waals surface area contributed by atoms with Crippen LogP contribution in [-0.2, 0) is 0 Å². The first-order chi connectivity index (χ1) is 8.87. The molecule has 19 heavy (non-hydrogen) atoms. The molecule has 1 fully saturated rings. The second kappa shape index (κ2) is 4.57. The first-order valence-corrected chi connectivity index (χ1v) is 5.75. The van der Waals surface area contributed by atoms with E-state index in [2.05, 4.69) is 5.32 Å². The topological polar surface area (TPSA) is 52.9 Å². The van der Waals surface area contributed by atoms with Gasteiger partial charge in [0.2, 0.25) is 0 Å². The van der Waals surface area contributed by atoms with E-state index < -0.39 is 28.9 Å². The fourth-order valence-corrected chi connectivity index (χ4v) is 1.88. The molecular formula is C13H11F3N2O. The molecule has 1 amide bonds. The minimum absolute atomic E-state index is 0.0385. The van der Waals surface area contributed by atoms with Crippen molar-refractivity contribution < 1.29 is 18.0 Å². The monoisotopic (exact) mass is 268 g/mol. The van der Waals surface area contributed by atoms with Gasteiger partial charge in [-0.1, -0.05) is 0 Å². The molecule has 1 aliphatic carbocycles. The van der Waals surface area contributed by atoms with Crippen molar-refractivity contribution in [1.82, 2.24) is 5.32 Å². The lowest BCUT2D eigenvalue weighted by Crippen LogP contribution is -2.46. The summed E-state index contributed by atoms with van der Waals surface area (Å²) in [5, 5.41) is 11.5. The molecule has 0 heterocycles. The number of hydrogen-bond donors (Lipinski definition) is 1. The number of hydrogen-bond acceptors (Lipinski definition) is 2. The molecule has 1 atom stereocenters. The quantitative estimate of drug-likeness (QED) is 0.856. The van der Waals surface area contributed by atoms with Gasteiger partial charge in [-0.05, 0) is 37.8 Å². The molecule has 0 aliphatic heterocycles. The van der Waals surface area contributed by atoms with Crippen molar-refractivity contribution >= 4 is 5.91 Å². The fraction of sp³-hybridized carbons (Fsp3) is 0.385. The van der Waals surface area contributed by atoms with Crippen molar-refractivity contribution in [3.8, 4) is 6.07 Å². The standard InChI is InChI=1S/C13H11F3N2O/c1-13(6-17,8-2-3-8)18-12(19)7-4-9(14)11(16)10(15)5-7/h4-5,8H,2-3H2,1H3,(H,18,19). The Morgan fingerprint density at radius 3 is 2.32 bits per heavy atom. The zero-order valence-corrected chi connectivity index (χ0v) is 10.1. The third kappa shape index (κ3) is 2.55. The normalized spacial score (nSPS) is 17.4. The zero-order valence-electron chi connectivity index (χ0n) is 10.1. The summed E-state index contributed by atoms with van der Waals surface area (Å²) < 4.78 is 38.8. The maximum Gasteiger partial charge on any atom is 0.252 e. The molecular weight excluding hydrogens is 257 g/mol. The lowest BCUT2D eigenvalue weighted by Gasteiger charge is -2.22. The summed E-state index contributed by atoms with van der Waals surface area (Å²) in [6, 6.07) is 3.21. The second-order valence-corrected chi connectivity index (χ2v) is 4.80. The minimum atomic E-state index is -1.62. The molecule has 0 saturated heterocycles. The first kappa shape index (κ1) is 13.4. The van der Waals surface area contributed by atoms with Crippen LogP contribution in [0.1, 0.15) is 30.1 Å². The lowest BCUT2D eigenvalue weighted by molar-refractivity contribution is 0.0916. The summed E-state index contributed by atoms with van der Waals surface area (Å²) in [7, 11) is 0. The van der Waals surface area contributed by atoms with E-state index >= 15 is 0 Å². The van der Waals surface area contributed by atoms with Crippen LogP contribution in [0.5, 0.6) is 0 Å². The van der Waals surface area contributed by atoms with Gasteiger partial charge in [0, 0.05) is 5.56 Å². The van der Waals surface area contributed by atoms with Crippen molar-refractivity contribution in [2.24, 2.45) is 5.92 Å². The van der Waals surface area contributed by atoms with Crippen LogP contribution in [0.4, 0.5) is 13.2 Å². The van der Waals surface area contributed by atoms with Crippen molar-refractivity contribution in [3.05, 3.63) is 35.1 Å². The Bertz CT molecular complexity index is 555. The van der Waals surface area contributed by atoms with Gasteiger partial charge in [-0.2, -0.15) is 5.26 Å². The molecule has 6 heteroatoms. The van der Waals surface area contributed by atoms with Crippen LogP contribution in [0.3, 0.4) is 0 Å². The van der Waals surface area contributed by atoms with Gasteiger partial charge in [0.1, 0.15) is 5.54 Å². The van der Waals surface area contributed by atoms with Crippen molar-refractivity contribution in [2.45, 2.75) is 25.3 Å². The molecule has 1 unspecified atom stereocenters. The summed E-state index contributed by atoms with van der Waals surface area (Å²) in [5.41, 5.74) is -1.42. The Morgan fingerprint density at radius 1 is 1.37 bits per heavy atom. The van der Waals surface area contributed by atoms with Crippen LogP contribution < -0.4 is 5.32 Å². The number of nitrogens with one attached hydrogen (secondary N) is 1. The number of carbonyl (C=O) groups is 1. The first-order valence-electron chi connectivity index (χ1n) is 5.75. The van der Waals surface area contributed by atoms with E-state index in [9.17, 15) is 18.0 Å². The number of amides is 1. The molecule has 1 aromatic carbocycles. The second-order valence-electron chi connectivity index (χ2n) is 4.80. The zero-order chi connectivity index (χ0) is 14.2. The average molecular weight is 268 g/mol. The van der Waals surface area contributed by atoms with Crippen LogP contribution in [0.25, 0.3) is 0 Å². The largest absolute Gasteiger partial charge is 0.334 e. The van der Waals surface area contributed by atoms with Crippen molar-refractivity contribution in [1.29, 1.82) is 5.26 Å². The Hall–Kier alpha value is -2.03. The van der Waals surface area contributed by atoms with Crippen LogP contribution in [0.2, 0.25) is 0 Å². The molecule has 0 spiro atoms. The summed E-state index contributed by atoms with van der Waals surface area (Å²) in [4.78, 5) is 11.8. The highest BCUT2D eigenvalue weighted by Crippen LogP contribution is 2.39. The molecule has 1 aromatic rings. The van der Waals surface area contributed by atoms with Crippen molar-refractivity contribution in [3.63, 3.8) is 0 Å². The van der Waals surface area contributed by atoms with Crippen LogP contribution in [0, 0.1) is 34.7 Å². The summed E-state index contributed by atoms with van der Waals surface area (Å²) >= 11 is 0. The Balaban J connectivity index is 2.23. The van der Waals surface area contributed by atoms with Crippen LogP contribution in [-0.4, -0.2) is 11.4 Å². The van der Waals surface area contributed by atoms with E-state index in [4.69, 9.17) is 5.26 Å². The number of benzene rings is 1. The molecule has 1 N–H and O–H groups in total. The van der Waals surface area contributed by atoms with Gasteiger partial charge in [-0.25, -0.2) is 13.2 Å². The van der Waals surface area contributed by atoms with E-state index in [1.54, 1.807) is 6.92 Å². The maximum atomic E-state index is 13.0. The molecule has 100 valence electrons. The van der Waals surface area contributed by atoms with Gasteiger partial charge >= 0.3 is 0 Å². The lowest BCUT2D eigenvalue weighted by atomic mass is 9.97. The third-order valence-electron chi connectivity index (χ3n) is 3.25. The average Bonchev–Trinajstić information content (AvgIpc) is 3.19. The highest BCUT2D eigenvalue weighted by molar-refractivity contribution is 5.95. The fourth-order valence-electron chi connectivity index (χ4n) is 1.88. The van der Waals surface area contributed by atoms with E-state index in [-0.39, 0.29) is 11.5 Å². The van der Waals surface area contributed by atoms with Gasteiger partial charge in [0.05, 0.1) is 6.07 Å². The van der Waals surface area contributed by atoms with Gasteiger partial charge < -0.3 is 5.32 Å². The number of halogens is 3. The van der Waals surface area contributed by atoms with E-state index in [0.717, 1.165) is 12.8 Å². The SMILES string of the molecule is CC(C#N)(NC(=O)c1cc(F)c(F)c(F)c1)C1CC1. The van der Waals surface area contributed by atoms with Gasteiger partial charge in [0.15, 0.2) is 17.5 Å². The van der Waals surface area contributed by atoms with E-state index in [0.29, 0.717) is 12.1 Å². The molecule has 0 radical (unpaired) electrons. The van der Waals surface area contributed by atoms with Gasteiger partial charge in [-0.15, -0.1) is 0 Å². The third-order valence-corrected chi connectivity index (χ3v) is 3.25. The molecule has 1 saturated carbocycles. The predicted octanol–water partition coefficient (Wildman–Crippen LogP) is 2.53. The Kier molecular flexibility index (Phi) is 3.23. The maximum absolute atomic E-state index is 13.0. The van der Waals surface area contributed by atoms with Gasteiger partial charge in [-0.3, -0.25) is 4.79 Å². The molecule has 3 nitrogen and oxygen atoms in total.